The van der Waals surface area contributed by atoms with E-state index in [0.717, 1.165) is 15.8 Å². The number of carbonyl (C=O) groups is 1. The summed E-state index contributed by atoms with van der Waals surface area (Å²) in [5.74, 6) is 3.00. The summed E-state index contributed by atoms with van der Waals surface area (Å²) in [7, 11) is 6.10. The van der Waals surface area contributed by atoms with Gasteiger partial charge >= 0.3 is 6.09 Å². The van der Waals surface area contributed by atoms with Crippen molar-refractivity contribution in [3.05, 3.63) is 65.9 Å². The Morgan fingerprint density at radius 3 is 1.97 bits per heavy atom. The first-order valence-electron chi connectivity index (χ1n) is 11.4. The maximum atomic E-state index is 12.5. The van der Waals surface area contributed by atoms with Crippen LogP contribution in [-0.4, -0.2) is 44.6 Å². The van der Waals surface area contributed by atoms with Crippen molar-refractivity contribution in [2.75, 3.05) is 33.3 Å². The summed E-state index contributed by atoms with van der Waals surface area (Å²) in [6, 6.07) is 13.9. The highest BCUT2D eigenvalue weighted by Gasteiger charge is 2.27. The van der Waals surface area contributed by atoms with E-state index >= 15 is 0 Å². The quantitative estimate of drug-likeness (QED) is 0.290. The van der Waals surface area contributed by atoms with E-state index in [2.05, 4.69) is 4.98 Å². The normalized spacial score (nSPS) is 10.6. The first-order valence-corrected chi connectivity index (χ1v) is 11.4. The third-order valence-electron chi connectivity index (χ3n) is 6.19. The molecule has 0 saturated carbocycles. The average Bonchev–Trinajstić information content (AvgIpc) is 2.91. The number of anilines is 2. The van der Waals surface area contributed by atoms with Gasteiger partial charge in [-0.1, -0.05) is 6.07 Å². The summed E-state index contributed by atoms with van der Waals surface area (Å²) < 4.78 is 28.1. The summed E-state index contributed by atoms with van der Waals surface area (Å²) in [5, 5.41) is 10.9. The van der Waals surface area contributed by atoms with Crippen LogP contribution in [0.25, 0.3) is 10.9 Å². The molecule has 9 nitrogen and oxygen atoms in total. The number of ether oxygens (including phenoxy) is 5. The lowest BCUT2D eigenvalue weighted by molar-refractivity contribution is 0.204. The second kappa shape index (κ2) is 10.5. The van der Waals surface area contributed by atoms with E-state index in [0.29, 0.717) is 51.3 Å². The van der Waals surface area contributed by atoms with Crippen LogP contribution >= 0.6 is 0 Å². The van der Waals surface area contributed by atoms with Gasteiger partial charge in [0.1, 0.15) is 28.7 Å². The number of benzene rings is 3. The molecule has 0 saturated heterocycles. The second-order valence-electron chi connectivity index (χ2n) is 8.10. The van der Waals surface area contributed by atoms with Crippen LogP contribution in [0.5, 0.6) is 34.5 Å². The van der Waals surface area contributed by atoms with Crippen LogP contribution in [0, 0.1) is 13.8 Å². The van der Waals surface area contributed by atoms with E-state index in [4.69, 9.17) is 23.7 Å². The standard InChI is InChI=1S/C28H28N2O7/c1-16-17(2)21(37-22-12-13-29-19-15-26(36-6)25(35-5)14-18(19)22)11-10-20(16)30(28(31)32)27-23(33-3)8-7-9-24(27)34-4/h7-15H,1-6H3,(H,31,32). The summed E-state index contributed by atoms with van der Waals surface area (Å²) in [5.41, 5.74) is 2.90. The zero-order valence-electron chi connectivity index (χ0n) is 21.5. The Bertz CT molecular complexity index is 1450. The minimum atomic E-state index is -1.18. The molecule has 0 aliphatic rings. The van der Waals surface area contributed by atoms with E-state index in [1.54, 1.807) is 62.9 Å². The van der Waals surface area contributed by atoms with Crippen molar-refractivity contribution in [1.82, 2.24) is 4.98 Å². The van der Waals surface area contributed by atoms with Gasteiger partial charge in [0.2, 0.25) is 0 Å². The molecule has 192 valence electrons. The van der Waals surface area contributed by atoms with Gasteiger partial charge in [0.25, 0.3) is 0 Å². The number of nitrogens with zero attached hydrogens (tertiary/aromatic N) is 2. The van der Waals surface area contributed by atoms with E-state index in [9.17, 15) is 9.90 Å². The van der Waals surface area contributed by atoms with Gasteiger partial charge in [-0.15, -0.1) is 0 Å². The van der Waals surface area contributed by atoms with Gasteiger partial charge in [0, 0.05) is 17.6 Å². The van der Waals surface area contributed by atoms with Crippen molar-refractivity contribution in [2.24, 2.45) is 0 Å². The Morgan fingerprint density at radius 2 is 1.38 bits per heavy atom. The molecule has 0 bridgehead atoms. The number of methoxy groups -OCH3 is 4. The topological polar surface area (TPSA) is 99.6 Å². The molecule has 4 aromatic rings. The third kappa shape index (κ3) is 4.63. The Labute approximate surface area is 214 Å². The lowest BCUT2D eigenvalue weighted by Crippen LogP contribution is -2.25. The second-order valence-corrected chi connectivity index (χ2v) is 8.10. The third-order valence-corrected chi connectivity index (χ3v) is 6.19. The molecule has 0 aliphatic carbocycles. The molecule has 1 amide bonds. The fourth-order valence-electron chi connectivity index (χ4n) is 4.16. The first kappa shape index (κ1) is 25.4. The van der Waals surface area contributed by atoms with Crippen molar-refractivity contribution in [3.8, 4) is 34.5 Å². The minimum absolute atomic E-state index is 0.289. The summed E-state index contributed by atoms with van der Waals surface area (Å²) in [6.07, 6.45) is 0.473. The van der Waals surface area contributed by atoms with Crippen LogP contribution in [0.2, 0.25) is 0 Å². The van der Waals surface area contributed by atoms with E-state index < -0.39 is 6.09 Å². The molecule has 0 atom stereocenters. The van der Waals surface area contributed by atoms with Crippen molar-refractivity contribution in [1.29, 1.82) is 0 Å². The minimum Gasteiger partial charge on any atom is -0.494 e. The predicted octanol–water partition coefficient (Wildman–Crippen LogP) is 6.49. The molecule has 1 N–H and O–H groups in total. The number of carboxylic acid groups (broad SMARTS) is 1. The Morgan fingerprint density at radius 1 is 0.757 bits per heavy atom. The molecule has 37 heavy (non-hydrogen) atoms. The van der Waals surface area contributed by atoms with Gasteiger partial charge in [-0.25, -0.2) is 9.69 Å². The van der Waals surface area contributed by atoms with Gasteiger partial charge in [-0.05, 0) is 61.4 Å². The lowest BCUT2D eigenvalue weighted by Gasteiger charge is -2.26. The highest BCUT2D eigenvalue weighted by atomic mass is 16.5. The Balaban J connectivity index is 1.80. The van der Waals surface area contributed by atoms with Crippen molar-refractivity contribution >= 4 is 28.4 Å². The number of fused-ring (bicyclic) bond motifs is 1. The van der Waals surface area contributed by atoms with E-state index in [1.165, 1.54) is 14.2 Å². The monoisotopic (exact) mass is 504 g/mol. The number of hydrogen-bond donors (Lipinski definition) is 1. The molecular weight excluding hydrogens is 476 g/mol. The molecule has 0 radical (unpaired) electrons. The number of rotatable bonds is 8. The lowest BCUT2D eigenvalue weighted by atomic mass is 10.0. The molecule has 9 heteroatoms. The largest absolute Gasteiger partial charge is 0.494 e. The van der Waals surface area contributed by atoms with Gasteiger partial charge in [0.05, 0.1) is 39.6 Å². The van der Waals surface area contributed by atoms with Crippen LogP contribution in [0.3, 0.4) is 0 Å². The fraction of sp³-hybridized carbons (Fsp3) is 0.214. The molecule has 4 rings (SSSR count). The van der Waals surface area contributed by atoms with Crippen LogP contribution in [0.4, 0.5) is 16.2 Å². The number of hydrogen-bond acceptors (Lipinski definition) is 7. The Hall–Kier alpha value is -4.66. The van der Waals surface area contributed by atoms with Gasteiger partial charge in [-0.3, -0.25) is 4.98 Å². The molecular formula is C28H28N2O7. The smallest absolute Gasteiger partial charge is 0.416 e. The number of amides is 1. The van der Waals surface area contributed by atoms with Crippen LogP contribution in [0.15, 0.2) is 54.7 Å². The fourth-order valence-corrected chi connectivity index (χ4v) is 4.16. The van der Waals surface area contributed by atoms with Crippen molar-refractivity contribution < 1.29 is 33.6 Å². The van der Waals surface area contributed by atoms with Crippen LogP contribution < -0.4 is 28.6 Å². The average molecular weight is 505 g/mol. The summed E-state index contributed by atoms with van der Waals surface area (Å²) >= 11 is 0. The maximum Gasteiger partial charge on any atom is 0.416 e. The molecule has 0 spiro atoms. The van der Waals surface area contributed by atoms with Crippen molar-refractivity contribution in [2.45, 2.75) is 13.8 Å². The van der Waals surface area contributed by atoms with E-state index in [1.807, 2.05) is 19.9 Å². The Kier molecular flexibility index (Phi) is 7.24. The van der Waals surface area contributed by atoms with Crippen LogP contribution in [0.1, 0.15) is 11.1 Å². The first-order chi connectivity index (χ1) is 17.8. The van der Waals surface area contributed by atoms with Crippen LogP contribution in [-0.2, 0) is 0 Å². The van der Waals surface area contributed by atoms with Gasteiger partial charge in [-0.2, -0.15) is 0 Å². The molecule has 0 unspecified atom stereocenters. The highest BCUT2D eigenvalue weighted by molar-refractivity contribution is 5.99. The molecule has 1 heterocycles. The molecule has 1 aromatic heterocycles. The number of pyridine rings is 1. The molecule has 0 aliphatic heterocycles. The molecule has 0 fully saturated rings. The zero-order chi connectivity index (χ0) is 26.7. The van der Waals surface area contributed by atoms with Gasteiger partial charge < -0.3 is 28.8 Å². The molecule has 3 aromatic carbocycles. The predicted molar refractivity (Wildman–Crippen MR) is 141 cm³/mol. The number of para-hydroxylation sites is 1. The maximum absolute atomic E-state index is 12.5. The van der Waals surface area contributed by atoms with Crippen molar-refractivity contribution in [3.63, 3.8) is 0 Å². The highest BCUT2D eigenvalue weighted by Crippen LogP contribution is 2.45. The van der Waals surface area contributed by atoms with E-state index in [-0.39, 0.29) is 5.69 Å². The summed E-state index contributed by atoms with van der Waals surface area (Å²) in [6.45, 7) is 3.72. The van der Waals surface area contributed by atoms with Gasteiger partial charge in [0.15, 0.2) is 11.5 Å². The summed E-state index contributed by atoms with van der Waals surface area (Å²) in [4.78, 5) is 18.1. The zero-order valence-corrected chi connectivity index (χ0v) is 21.5. The SMILES string of the molecule is COc1cc2nccc(Oc3ccc(N(C(=O)O)c4c(OC)cccc4OC)c(C)c3C)c2cc1OC. The number of aromatic nitrogens is 1.